The molecule has 7 heteroatoms. The molecule has 7 nitrogen and oxygen atoms in total. The van der Waals surface area contributed by atoms with Crippen LogP contribution < -0.4 is 10.6 Å². The van der Waals surface area contributed by atoms with E-state index in [1.165, 1.54) is 7.11 Å². The summed E-state index contributed by atoms with van der Waals surface area (Å²) in [5.41, 5.74) is 0.298. The minimum Gasteiger partial charge on any atom is -0.466 e. The van der Waals surface area contributed by atoms with Crippen LogP contribution in [-0.4, -0.2) is 68.3 Å². The Morgan fingerprint density at radius 1 is 1.00 bits per heavy atom. The Bertz CT molecular complexity index is 1090. The molecule has 2 aliphatic rings. The van der Waals surface area contributed by atoms with Crippen LogP contribution in [0.1, 0.15) is 12.5 Å². The maximum absolute atomic E-state index is 13.4. The lowest BCUT2D eigenvalue weighted by Gasteiger charge is -2.36. The molecule has 4 rings (SSSR count). The number of esters is 1. The summed E-state index contributed by atoms with van der Waals surface area (Å²) in [7, 11) is 5.21. The Balaban J connectivity index is 1.78. The van der Waals surface area contributed by atoms with E-state index in [4.69, 9.17) is 9.47 Å². The molecular formula is C28H33N3O4. The second kappa shape index (κ2) is 10.1. The topological polar surface area (TPSA) is 79.9 Å². The fourth-order valence-corrected chi connectivity index (χ4v) is 4.85. The van der Waals surface area contributed by atoms with Crippen molar-refractivity contribution in [1.29, 1.82) is 0 Å². The number of nitrogens with zero attached hydrogens (tertiary/aromatic N) is 1. The van der Waals surface area contributed by atoms with Crippen LogP contribution in [0.25, 0.3) is 0 Å². The molecule has 0 fully saturated rings. The number of ether oxygens (including phenoxy) is 2. The summed E-state index contributed by atoms with van der Waals surface area (Å²) in [4.78, 5) is 28.6. The fourth-order valence-electron chi connectivity index (χ4n) is 4.85. The van der Waals surface area contributed by atoms with Crippen molar-refractivity contribution in [3.05, 3.63) is 89.5 Å². The van der Waals surface area contributed by atoms with Gasteiger partial charge in [0.1, 0.15) is 11.2 Å². The number of carbonyl (C=O) groups excluding carboxylic acids is 2. The number of likely N-dealkylation sites (N-methyl/N-ethyl adjacent to an activating group) is 1. The largest absolute Gasteiger partial charge is 0.466 e. The average Bonchev–Trinajstić information content (AvgIpc) is 3.34. The van der Waals surface area contributed by atoms with Crippen molar-refractivity contribution in [3.8, 4) is 0 Å². The van der Waals surface area contributed by atoms with Crippen molar-refractivity contribution in [2.24, 2.45) is 0 Å². The van der Waals surface area contributed by atoms with Crippen LogP contribution in [0.15, 0.2) is 84.0 Å². The summed E-state index contributed by atoms with van der Waals surface area (Å²) in [6, 6.07) is 19.4. The van der Waals surface area contributed by atoms with E-state index in [-0.39, 0.29) is 17.5 Å². The molecule has 35 heavy (non-hydrogen) atoms. The zero-order valence-corrected chi connectivity index (χ0v) is 20.7. The highest BCUT2D eigenvalue weighted by Gasteiger charge is 2.62. The Hall–Kier alpha value is -3.42. The van der Waals surface area contributed by atoms with Crippen molar-refractivity contribution in [2.45, 2.75) is 30.6 Å². The van der Waals surface area contributed by atoms with Gasteiger partial charge in [0.05, 0.1) is 24.3 Å². The molecule has 3 atom stereocenters. The predicted molar refractivity (Wildman–Crippen MR) is 136 cm³/mol. The van der Waals surface area contributed by atoms with Gasteiger partial charge >= 0.3 is 5.97 Å². The van der Waals surface area contributed by atoms with Gasteiger partial charge in [0.15, 0.2) is 0 Å². The summed E-state index contributed by atoms with van der Waals surface area (Å²) < 4.78 is 11.8. The standard InChI is InChI=1S/C28H33N3O4/c1-27-15-16-28(35-27,24(26(33)34-4)23(27)25(32)29-17-18-31(2)3)22(19-20-11-7-5-8-12-20)30-21-13-9-6-10-14-21/h5-16,22,30H,17-19H2,1-4H3,(H,29,32). The van der Waals surface area contributed by atoms with Crippen molar-refractivity contribution >= 4 is 17.6 Å². The zero-order chi connectivity index (χ0) is 25.1. The summed E-state index contributed by atoms with van der Waals surface area (Å²) in [5.74, 6) is -0.886. The first-order valence-electron chi connectivity index (χ1n) is 11.8. The van der Waals surface area contributed by atoms with E-state index < -0.39 is 17.2 Å². The number of para-hydroxylation sites is 1. The molecule has 0 radical (unpaired) electrons. The number of rotatable bonds is 10. The molecular weight excluding hydrogens is 442 g/mol. The van der Waals surface area contributed by atoms with Gasteiger partial charge in [0.25, 0.3) is 5.91 Å². The van der Waals surface area contributed by atoms with Crippen LogP contribution >= 0.6 is 0 Å². The van der Waals surface area contributed by atoms with Crippen molar-refractivity contribution < 1.29 is 19.1 Å². The lowest BCUT2D eigenvalue weighted by Crippen LogP contribution is -2.50. The molecule has 2 heterocycles. The van der Waals surface area contributed by atoms with Crippen LogP contribution in [0.5, 0.6) is 0 Å². The smallest absolute Gasteiger partial charge is 0.337 e. The summed E-state index contributed by atoms with van der Waals surface area (Å²) >= 11 is 0. The van der Waals surface area contributed by atoms with Gasteiger partial charge in [-0.2, -0.15) is 0 Å². The van der Waals surface area contributed by atoms with E-state index in [0.29, 0.717) is 25.1 Å². The number of benzene rings is 2. The van der Waals surface area contributed by atoms with Gasteiger partial charge in [-0.05, 0) is 57.3 Å². The molecule has 2 aliphatic heterocycles. The molecule has 0 spiro atoms. The van der Waals surface area contributed by atoms with Crippen molar-refractivity contribution in [2.75, 3.05) is 39.6 Å². The molecule has 0 aliphatic carbocycles. The van der Waals surface area contributed by atoms with Gasteiger partial charge in [0, 0.05) is 18.8 Å². The van der Waals surface area contributed by atoms with E-state index in [2.05, 4.69) is 10.6 Å². The van der Waals surface area contributed by atoms with Gasteiger partial charge in [-0.15, -0.1) is 0 Å². The number of methoxy groups -OCH3 is 1. The molecule has 0 saturated heterocycles. The fraction of sp³-hybridized carbons (Fsp3) is 0.357. The van der Waals surface area contributed by atoms with Crippen LogP contribution in [0, 0.1) is 0 Å². The Morgan fingerprint density at radius 2 is 1.66 bits per heavy atom. The third-order valence-electron chi connectivity index (χ3n) is 6.54. The normalized spacial score (nSPS) is 23.5. The van der Waals surface area contributed by atoms with Gasteiger partial charge < -0.3 is 25.0 Å². The SMILES string of the molecule is COC(=O)C1=C(C(=O)NCCN(C)C)C2(C)C=CC1(C(Cc1ccccc1)Nc1ccccc1)O2. The van der Waals surface area contributed by atoms with E-state index in [1.807, 2.05) is 98.7 Å². The maximum Gasteiger partial charge on any atom is 0.337 e. The second-order valence-corrected chi connectivity index (χ2v) is 9.39. The average molecular weight is 476 g/mol. The first-order chi connectivity index (χ1) is 16.8. The number of nitrogens with one attached hydrogen (secondary N) is 2. The van der Waals surface area contributed by atoms with Gasteiger partial charge in [-0.25, -0.2) is 4.79 Å². The lowest BCUT2D eigenvalue weighted by atomic mass is 9.76. The van der Waals surface area contributed by atoms with Crippen LogP contribution in [-0.2, 0) is 25.5 Å². The molecule has 184 valence electrons. The van der Waals surface area contributed by atoms with E-state index in [1.54, 1.807) is 0 Å². The van der Waals surface area contributed by atoms with Crippen LogP contribution in [0.3, 0.4) is 0 Å². The van der Waals surface area contributed by atoms with Crippen LogP contribution in [0.4, 0.5) is 5.69 Å². The third-order valence-corrected chi connectivity index (χ3v) is 6.54. The highest BCUT2D eigenvalue weighted by Crippen LogP contribution is 2.52. The minimum absolute atomic E-state index is 0.247. The third kappa shape index (κ3) is 4.88. The molecule has 0 saturated carbocycles. The number of hydrogen-bond donors (Lipinski definition) is 2. The highest BCUT2D eigenvalue weighted by atomic mass is 16.6. The number of hydrogen-bond acceptors (Lipinski definition) is 6. The van der Waals surface area contributed by atoms with Crippen LogP contribution in [0.2, 0.25) is 0 Å². The molecule has 0 aromatic heterocycles. The van der Waals surface area contributed by atoms with Gasteiger partial charge in [0.2, 0.25) is 0 Å². The highest BCUT2D eigenvalue weighted by molar-refractivity contribution is 6.08. The Kier molecular flexibility index (Phi) is 7.10. The number of amides is 1. The lowest BCUT2D eigenvalue weighted by molar-refractivity contribution is -0.138. The van der Waals surface area contributed by atoms with E-state index in [9.17, 15) is 9.59 Å². The Morgan fingerprint density at radius 3 is 2.29 bits per heavy atom. The Labute approximate surface area is 206 Å². The monoisotopic (exact) mass is 475 g/mol. The van der Waals surface area contributed by atoms with Gasteiger partial charge in [-0.3, -0.25) is 4.79 Å². The van der Waals surface area contributed by atoms with Crippen molar-refractivity contribution in [3.63, 3.8) is 0 Å². The molecule has 3 unspecified atom stereocenters. The van der Waals surface area contributed by atoms with E-state index in [0.717, 1.165) is 11.3 Å². The number of anilines is 1. The molecule has 2 aromatic rings. The molecule has 1 amide bonds. The first-order valence-corrected chi connectivity index (χ1v) is 11.8. The first kappa shape index (κ1) is 24.7. The quantitative estimate of drug-likeness (QED) is 0.406. The summed E-state index contributed by atoms with van der Waals surface area (Å²) in [6.45, 7) is 2.95. The molecule has 2 bridgehead atoms. The predicted octanol–water partition coefficient (Wildman–Crippen LogP) is 2.95. The van der Waals surface area contributed by atoms with E-state index >= 15 is 0 Å². The summed E-state index contributed by atoms with van der Waals surface area (Å²) in [6.07, 6.45) is 4.34. The van der Waals surface area contributed by atoms with Gasteiger partial charge in [-0.1, -0.05) is 48.5 Å². The number of fused-ring (bicyclic) bond motifs is 2. The second-order valence-electron chi connectivity index (χ2n) is 9.39. The minimum atomic E-state index is -1.18. The number of carbonyl (C=O) groups is 2. The zero-order valence-electron chi connectivity index (χ0n) is 20.7. The maximum atomic E-state index is 13.4. The molecule has 2 N–H and O–H groups in total. The van der Waals surface area contributed by atoms with Crippen molar-refractivity contribution in [1.82, 2.24) is 10.2 Å². The molecule has 2 aromatic carbocycles. The summed E-state index contributed by atoms with van der Waals surface area (Å²) in [5, 5.41) is 6.52.